The molecule has 1 amide bonds. The van der Waals surface area contributed by atoms with Crippen LogP contribution >= 0.6 is 15.9 Å². The van der Waals surface area contributed by atoms with E-state index in [9.17, 15) is 13.6 Å². The van der Waals surface area contributed by atoms with Crippen LogP contribution in [0, 0.1) is 11.6 Å². The Morgan fingerprint density at radius 1 is 1.25 bits per heavy atom. The van der Waals surface area contributed by atoms with Crippen LogP contribution in [0.15, 0.2) is 41.1 Å². The number of benzene rings is 1. The van der Waals surface area contributed by atoms with Crippen molar-refractivity contribution in [3.8, 4) is 0 Å². The van der Waals surface area contributed by atoms with Crippen LogP contribution in [0.2, 0.25) is 0 Å². The quantitative estimate of drug-likeness (QED) is 0.867. The van der Waals surface area contributed by atoms with Gasteiger partial charge in [-0.25, -0.2) is 13.8 Å². The van der Waals surface area contributed by atoms with Crippen molar-refractivity contribution in [1.29, 1.82) is 0 Å². The molecule has 1 atom stereocenters. The van der Waals surface area contributed by atoms with Crippen LogP contribution in [0.5, 0.6) is 0 Å². The van der Waals surface area contributed by atoms with Gasteiger partial charge in [-0.1, -0.05) is 6.07 Å². The minimum atomic E-state index is -0.785. The molecule has 2 aromatic rings. The highest BCUT2D eigenvalue weighted by molar-refractivity contribution is 9.10. The number of aromatic nitrogens is 1. The fourth-order valence-corrected chi connectivity index (χ4v) is 2.02. The largest absolute Gasteiger partial charge is 0.345 e. The molecule has 6 heteroatoms. The standard InChI is InChI=1S/C14H11BrF2N2O/c1-8(13-10(16)3-2-4-11(13)17)19-14(20)9-5-6-12(15)18-7-9/h2-8H,1H3,(H,19,20). The Bertz CT molecular complexity index is 611. The maximum absolute atomic E-state index is 13.6. The molecule has 2 rings (SSSR count). The molecule has 1 heterocycles. The van der Waals surface area contributed by atoms with Gasteiger partial charge in [-0.3, -0.25) is 4.79 Å². The van der Waals surface area contributed by atoms with Crippen molar-refractivity contribution in [2.45, 2.75) is 13.0 Å². The van der Waals surface area contributed by atoms with E-state index >= 15 is 0 Å². The van der Waals surface area contributed by atoms with E-state index in [0.29, 0.717) is 10.2 Å². The van der Waals surface area contributed by atoms with E-state index in [-0.39, 0.29) is 5.56 Å². The third-order valence-electron chi connectivity index (χ3n) is 2.77. The Hall–Kier alpha value is -1.82. The molecule has 1 unspecified atom stereocenters. The maximum Gasteiger partial charge on any atom is 0.253 e. The first-order valence-electron chi connectivity index (χ1n) is 5.85. The molecule has 0 bridgehead atoms. The maximum atomic E-state index is 13.6. The van der Waals surface area contributed by atoms with Crippen molar-refractivity contribution >= 4 is 21.8 Å². The zero-order valence-corrected chi connectivity index (χ0v) is 12.1. The minimum Gasteiger partial charge on any atom is -0.345 e. The Labute approximate surface area is 123 Å². The Morgan fingerprint density at radius 3 is 2.45 bits per heavy atom. The zero-order valence-electron chi connectivity index (χ0n) is 10.5. The van der Waals surface area contributed by atoms with Gasteiger partial charge in [-0.2, -0.15) is 0 Å². The number of nitrogens with zero attached hydrogens (tertiary/aromatic N) is 1. The van der Waals surface area contributed by atoms with E-state index in [4.69, 9.17) is 0 Å². The molecule has 104 valence electrons. The summed E-state index contributed by atoms with van der Waals surface area (Å²) >= 11 is 3.16. The summed E-state index contributed by atoms with van der Waals surface area (Å²) in [6.07, 6.45) is 1.38. The van der Waals surface area contributed by atoms with Crippen LogP contribution in [0.1, 0.15) is 28.9 Å². The third-order valence-corrected chi connectivity index (χ3v) is 3.24. The lowest BCUT2D eigenvalue weighted by atomic mass is 10.1. The van der Waals surface area contributed by atoms with Gasteiger partial charge in [0.2, 0.25) is 0 Å². The van der Waals surface area contributed by atoms with Gasteiger partial charge in [-0.05, 0) is 47.1 Å². The molecule has 0 saturated carbocycles. The van der Waals surface area contributed by atoms with Crippen molar-refractivity contribution < 1.29 is 13.6 Å². The van der Waals surface area contributed by atoms with Crippen LogP contribution in [-0.4, -0.2) is 10.9 Å². The molecule has 3 nitrogen and oxygen atoms in total. The summed E-state index contributed by atoms with van der Waals surface area (Å²) in [5.74, 6) is -1.82. The molecule has 0 aliphatic carbocycles. The van der Waals surface area contributed by atoms with Gasteiger partial charge >= 0.3 is 0 Å². The average molecular weight is 341 g/mol. The number of pyridine rings is 1. The summed E-state index contributed by atoms with van der Waals surface area (Å²) in [5.41, 5.74) is 0.155. The normalized spacial score (nSPS) is 12.0. The van der Waals surface area contributed by atoms with E-state index in [1.165, 1.54) is 19.2 Å². The molecular weight excluding hydrogens is 330 g/mol. The smallest absolute Gasteiger partial charge is 0.253 e. The van der Waals surface area contributed by atoms with E-state index in [1.54, 1.807) is 12.1 Å². The van der Waals surface area contributed by atoms with Crippen LogP contribution < -0.4 is 5.32 Å². The van der Waals surface area contributed by atoms with Crippen molar-refractivity contribution in [1.82, 2.24) is 10.3 Å². The highest BCUT2D eigenvalue weighted by atomic mass is 79.9. The first-order chi connectivity index (χ1) is 9.49. The molecular formula is C14H11BrF2N2O. The Morgan fingerprint density at radius 2 is 1.90 bits per heavy atom. The second-order valence-corrected chi connectivity index (χ2v) is 5.01. The molecule has 20 heavy (non-hydrogen) atoms. The number of halogens is 3. The number of rotatable bonds is 3. The molecule has 0 fully saturated rings. The van der Waals surface area contributed by atoms with E-state index in [1.807, 2.05) is 0 Å². The molecule has 0 aliphatic rings. The van der Waals surface area contributed by atoms with Crippen LogP contribution in [0.25, 0.3) is 0 Å². The zero-order chi connectivity index (χ0) is 14.7. The van der Waals surface area contributed by atoms with Gasteiger partial charge in [0.1, 0.15) is 16.2 Å². The lowest BCUT2D eigenvalue weighted by Crippen LogP contribution is -2.28. The lowest BCUT2D eigenvalue weighted by Gasteiger charge is -2.15. The topological polar surface area (TPSA) is 42.0 Å². The summed E-state index contributed by atoms with van der Waals surface area (Å²) in [5, 5.41) is 2.54. The number of carbonyl (C=O) groups is 1. The first-order valence-corrected chi connectivity index (χ1v) is 6.64. The number of hydrogen-bond acceptors (Lipinski definition) is 2. The van der Waals surface area contributed by atoms with Crippen LogP contribution in [0.4, 0.5) is 8.78 Å². The van der Waals surface area contributed by atoms with Gasteiger partial charge < -0.3 is 5.32 Å². The summed E-state index contributed by atoms with van der Waals surface area (Å²) < 4.78 is 27.8. The second-order valence-electron chi connectivity index (χ2n) is 4.20. The SMILES string of the molecule is CC(NC(=O)c1ccc(Br)nc1)c1c(F)cccc1F. The molecule has 1 aromatic heterocycles. The van der Waals surface area contributed by atoms with Gasteiger partial charge in [0.05, 0.1) is 11.6 Å². The fraction of sp³-hybridized carbons (Fsp3) is 0.143. The lowest BCUT2D eigenvalue weighted by molar-refractivity contribution is 0.0938. The van der Waals surface area contributed by atoms with Crippen molar-refractivity contribution in [3.63, 3.8) is 0 Å². The Kier molecular flexibility index (Phi) is 4.44. The Balaban J connectivity index is 2.17. The van der Waals surface area contributed by atoms with Gasteiger partial charge in [0.25, 0.3) is 5.91 Å². The molecule has 0 saturated heterocycles. The van der Waals surface area contributed by atoms with Crippen molar-refractivity contribution in [2.24, 2.45) is 0 Å². The predicted octanol–water partition coefficient (Wildman–Crippen LogP) is 3.61. The summed E-state index contributed by atoms with van der Waals surface area (Å²) in [7, 11) is 0. The highest BCUT2D eigenvalue weighted by Crippen LogP contribution is 2.20. The minimum absolute atomic E-state index is 0.161. The number of carbonyl (C=O) groups excluding carboxylic acids is 1. The van der Waals surface area contributed by atoms with E-state index in [2.05, 4.69) is 26.2 Å². The van der Waals surface area contributed by atoms with Gasteiger partial charge in [0, 0.05) is 11.8 Å². The number of amides is 1. The fourth-order valence-electron chi connectivity index (χ4n) is 1.79. The second kappa shape index (κ2) is 6.09. The molecule has 0 radical (unpaired) electrons. The highest BCUT2D eigenvalue weighted by Gasteiger charge is 2.18. The first kappa shape index (κ1) is 14.6. The third kappa shape index (κ3) is 3.19. The van der Waals surface area contributed by atoms with Gasteiger partial charge in [0.15, 0.2) is 0 Å². The monoisotopic (exact) mass is 340 g/mol. The molecule has 1 N–H and O–H groups in total. The molecule has 1 aromatic carbocycles. The number of hydrogen-bond donors (Lipinski definition) is 1. The summed E-state index contributed by atoms with van der Waals surface area (Å²) in [6, 6.07) is 5.98. The number of nitrogens with one attached hydrogen (secondary N) is 1. The summed E-state index contributed by atoms with van der Waals surface area (Å²) in [6.45, 7) is 1.52. The summed E-state index contributed by atoms with van der Waals surface area (Å²) in [4.78, 5) is 15.9. The van der Waals surface area contributed by atoms with E-state index in [0.717, 1.165) is 12.1 Å². The average Bonchev–Trinajstić information content (AvgIpc) is 2.39. The van der Waals surface area contributed by atoms with Crippen molar-refractivity contribution in [3.05, 3.63) is 63.9 Å². The van der Waals surface area contributed by atoms with Gasteiger partial charge in [-0.15, -0.1) is 0 Å². The van der Waals surface area contributed by atoms with E-state index < -0.39 is 23.6 Å². The predicted molar refractivity (Wildman–Crippen MR) is 74.2 cm³/mol. The van der Waals surface area contributed by atoms with Crippen molar-refractivity contribution in [2.75, 3.05) is 0 Å². The molecule has 0 spiro atoms. The molecule has 0 aliphatic heterocycles. The van der Waals surface area contributed by atoms with Crippen LogP contribution in [-0.2, 0) is 0 Å². The van der Waals surface area contributed by atoms with Crippen LogP contribution in [0.3, 0.4) is 0 Å².